The SMILES string of the molecule is CCC(Oc1ccccc1N)C(=O)c1ccc2c(c1)OCCO2. The summed E-state index contributed by atoms with van der Waals surface area (Å²) in [6, 6.07) is 12.4. The molecule has 0 saturated carbocycles. The number of para-hydroxylation sites is 2. The van der Waals surface area contributed by atoms with Crippen LogP contribution in [0.2, 0.25) is 0 Å². The van der Waals surface area contributed by atoms with Gasteiger partial charge >= 0.3 is 0 Å². The molecule has 0 fully saturated rings. The lowest BCUT2D eigenvalue weighted by Gasteiger charge is -2.21. The molecule has 5 heteroatoms. The molecule has 0 saturated heterocycles. The van der Waals surface area contributed by atoms with Gasteiger partial charge in [-0.25, -0.2) is 0 Å². The van der Waals surface area contributed by atoms with Crippen molar-refractivity contribution in [2.24, 2.45) is 0 Å². The van der Waals surface area contributed by atoms with Crippen molar-refractivity contribution in [3.05, 3.63) is 48.0 Å². The van der Waals surface area contributed by atoms with Crippen LogP contribution in [0.4, 0.5) is 5.69 Å². The second-order valence-corrected chi connectivity index (χ2v) is 5.28. The maximum absolute atomic E-state index is 12.7. The zero-order valence-electron chi connectivity index (χ0n) is 13.0. The highest BCUT2D eigenvalue weighted by molar-refractivity contribution is 6.00. The first kappa shape index (κ1) is 15.2. The molecular weight excluding hydrogens is 294 g/mol. The van der Waals surface area contributed by atoms with E-state index >= 15 is 0 Å². The summed E-state index contributed by atoms with van der Waals surface area (Å²) < 4.78 is 16.8. The normalized spacial score (nSPS) is 14.1. The minimum atomic E-state index is -0.595. The van der Waals surface area contributed by atoms with Gasteiger partial charge in [0.15, 0.2) is 17.6 Å². The van der Waals surface area contributed by atoms with E-state index in [1.54, 1.807) is 30.3 Å². The number of nitrogen functional groups attached to an aromatic ring is 1. The summed E-state index contributed by atoms with van der Waals surface area (Å²) in [5.74, 6) is 1.67. The van der Waals surface area contributed by atoms with Gasteiger partial charge in [0.05, 0.1) is 5.69 Å². The topological polar surface area (TPSA) is 70.8 Å². The summed E-state index contributed by atoms with van der Waals surface area (Å²) in [4.78, 5) is 12.7. The Balaban J connectivity index is 1.81. The fraction of sp³-hybridized carbons (Fsp3) is 0.278. The summed E-state index contributed by atoms with van der Waals surface area (Å²) >= 11 is 0. The van der Waals surface area contributed by atoms with Crippen LogP contribution in [0.3, 0.4) is 0 Å². The number of ketones is 1. The number of carbonyl (C=O) groups is 1. The van der Waals surface area contributed by atoms with E-state index in [0.717, 1.165) is 0 Å². The van der Waals surface area contributed by atoms with Crippen molar-refractivity contribution in [2.45, 2.75) is 19.4 Å². The average molecular weight is 313 g/mol. The third kappa shape index (κ3) is 3.23. The van der Waals surface area contributed by atoms with Crippen LogP contribution in [-0.2, 0) is 0 Å². The van der Waals surface area contributed by atoms with Crippen molar-refractivity contribution in [1.82, 2.24) is 0 Å². The average Bonchev–Trinajstić information content (AvgIpc) is 2.60. The molecule has 1 aliphatic heterocycles. The van der Waals surface area contributed by atoms with E-state index in [1.165, 1.54) is 0 Å². The van der Waals surface area contributed by atoms with Crippen molar-refractivity contribution in [2.75, 3.05) is 18.9 Å². The molecule has 0 radical (unpaired) electrons. The van der Waals surface area contributed by atoms with Gasteiger partial charge in [-0.1, -0.05) is 19.1 Å². The number of fused-ring (bicyclic) bond motifs is 1. The first-order valence-electron chi connectivity index (χ1n) is 7.64. The Morgan fingerprint density at radius 2 is 1.91 bits per heavy atom. The van der Waals surface area contributed by atoms with E-state index in [-0.39, 0.29) is 5.78 Å². The van der Waals surface area contributed by atoms with Crippen LogP contribution in [0.25, 0.3) is 0 Å². The van der Waals surface area contributed by atoms with E-state index in [0.29, 0.717) is 48.1 Å². The number of hydrogen-bond acceptors (Lipinski definition) is 5. The predicted molar refractivity (Wildman–Crippen MR) is 87.3 cm³/mol. The number of rotatable bonds is 5. The van der Waals surface area contributed by atoms with Crippen LogP contribution in [-0.4, -0.2) is 25.1 Å². The summed E-state index contributed by atoms with van der Waals surface area (Å²) in [5.41, 5.74) is 6.93. The number of ether oxygens (including phenoxy) is 3. The van der Waals surface area contributed by atoms with Crippen LogP contribution >= 0.6 is 0 Å². The molecule has 1 heterocycles. The smallest absolute Gasteiger partial charge is 0.203 e. The number of nitrogens with two attached hydrogens (primary N) is 1. The van der Waals surface area contributed by atoms with Gasteiger partial charge in [-0.2, -0.15) is 0 Å². The van der Waals surface area contributed by atoms with E-state index in [2.05, 4.69) is 0 Å². The number of benzene rings is 2. The first-order chi connectivity index (χ1) is 11.2. The van der Waals surface area contributed by atoms with Crippen LogP contribution in [0, 0.1) is 0 Å². The molecule has 0 aliphatic carbocycles. The van der Waals surface area contributed by atoms with Crippen LogP contribution in [0.1, 0.15) is 23.7 Å². The molecule has 1 aliphatic rings. The summed E-state index contributed by atoms with van der Waals surface area (Å²) in [5, 5.41) is 0. The Morgan fingerprint density at radius 1 is 1.17 bits per heavy atom. The van der Waals surface area contributed by atoms with Gasteiger partial charge in [0.1, 0.15) is 19.0 Å². The number of anilines is 1. The molecule has 23 heavy (non-hydrogen) atoms. The number of hydrogen-bond donors (Lipinski definition) is 1. The fourth-order valence-electron chi connectivity index (χ4n) is 2.45. The predicted octanol–water partition coefficient (Wildman–Crippen LogP) is 3.08. The molecule has 120 valence electrons. The minimum absolute atomic E-state index is 0.104. The van der Waals surface area contributed by atoms with Crippen molar-refractivity contribution in [3.63, 3.8) is 0 Å². The first-order valence-corrected chi connectivity index (χ1v) is 7.64. The van der Waals surface area contributed by atoms with Crippen molar-refractivity contribution in [1.29, 1.82) is 0 Å². The van der Waals surface area contributed by atoms with Gasteiger partial charge in [-0.3, -0.25) is 4.79 Å². The molecule has 0 bridgehead atoms. The molecule has 2 N–H and O–H groups in total. The molecule has 3 rings (SSSR count). The van der Waals surface area contributed by atoms with Crippen LogP contribution < -0.4 is 19.9 Å². The Hall–Kier alpha value is -2.69. The van der Waals surface area contributed by atoms with Gasteiger partial charge in [0, 0.05) is 5.56 Å². The minimum Gasteiger partial charge on any atom is -0.486 e. The molecular formula is C18H19NO4. The standard InChI is InChI=1S/C18H19NO4/c1-2-14(23-15-6-4-3-5-13(15)19)18(20)12-7-8-16-17(11-12)22-10-9-21-16/h3-8,11,14H,2,9-10,19H2,1H3. The van der Waals surface area contributed by atoms with Gasteiger partial charge in [0.25, 0.3) is 0 Å². The summed E-state index contributed by atoms with van der Waals surface area (Å²) in [6.07, 6.45) is -0.0519. The van der Waals surface area contributed by atoms with Crippen molar-refractivity contribution in [3.8, 4) is 17.2 Å². The summed E-state index contributed by atoms with van der Waals surface area (Å²) in [6.45, 7) is 2.91. The lowest BCUT2D eigenvalue weighted by molar-refractivity contribution is 0.0787. The van der Waals surface area contributed by atoms with Crippen LogP contribution in [0.5, 0.6) is 17.2 Å². The number of carbonyl (C=O) groups excluding carboxylic acids is 1. The van der Waals surface area contributed by atoms with Crippen molar-refractivity contribution >= 4 is 11.5 Å². The van der Waals surface area contributed by atoms with E-state index < -0.39 is 6.10 Å². The van der Waals surface area contributed by atoms with E-state index in [9.17, 15) is 4.79 Å². The highest BCUT2D eigenvalue weighted by Crippen LogP contribution is 2.31. The molecule has 0 spiro atoms. The largest absolute Gasteiger partial charge is 0.486 e. The zero-order chi connectivity index (χ0) is 16.2. The molecule has 0 amide bonds. The van der Waals surface area contributed by atoms with Gasteiger partial charge in [-0.05, 0) is 36.8 Å². The molecule has 2 aromatic carbocycles. The third-order valence-corrected chi connectivity index (χ3v) is 3.68. The lowest BCUT2D eigenvalue weighted by Crippen LogP contribution is -2.27. The van der Waals surface area contributed by atoms with Crippen LogP contribution in [0.15, 0.2) is 42.5 Å². The maximum atomic E-state index is 12.7. The van der Waals surface area contributed by atoms with E-state index in [4.69, 9.17) is 19.9 Å². The molecule has 1 atom stereocenters. The Kier molecular flexibility index (Phi) is 4.37. The fourth-order valence-corrected chi connectivity index (χ4v) is 2.45. The van der Waals surface area contributed by atoms with Crippen molar-refractivity contribution < 1.29 is 19.0 Å². The maximum Gasteiger partial charge on any atom is 0.203 e. The molecule has 1 unspecified atom stereocenters. The van der Waals surface area contributed by atoms with Gasteiger partial charge in [0.2, 0.25) is 5.78 Å². The van der Waals surface area contributed by atoms with Gasteiger partial charge in [-0.15, -0.1) is 0 Å². The van der Waals surface area contributed by atoms with Gasteiger partial charge < -0.3 is 19.9 Å². The number of Topliss-reactive ketones (excluding diaryl/α,β-unsaturated/α-hetero) is 1. The quantitative estimate of drug-likeness (QED) is 0.678. The second kappa shape index (κ2) is 6.60. The monoisotopic (exact) mass is 313 g/mol. The Bertz CT molecular complexity index is 714. The molecule has 2 aromatic rings. The highest BCUT2D eigenvalue weighted by Gasteiger charge is 2.23. The Labute approximate surface area is 135 Å². The molecule has 5 nitrogen and oxygen atoms in total. The van der Waals surface area contributed by atoms with E-state index in [1.807, 2.05) is 19.1 Å². The summed E-state index contributed by atoms with van der Waals surface area (Å²) in [7, 11) is 0. The molecule has 0 aromatic heterocycles. The highest BCUT2D eigenvalue weighted by atomic mass is 16.6. The Morgan fingerprint density at radius 3 is 2.65 bits per heavy atom. The zero-order valence-corrected chi connectivity index (χ0v) is 13.0. The lowest BCUT2D eigenvalue weighted by atomic mass is 10.0. The second-order valence-electron chi connectivity index (χ2n) is 5.28. The third-order valence-electron chi connectivity index (χ3n) is 3.68.